The summed E-state index contributed by atoms with van der Waals surface area (Å²) in [5.41, 5.74) is 0. The van der Waals surface area contributed by atoms with Crippen LogP contribution in [-0.2, 0) is 18.9 Å². The molecule has 6 unspecified atom stereocenters. The highest BCUT2D eigenvalue weighted by Gasteiger charge is 2.48. The molecule has 0 aromatic rings. The third-order valence-corrected chi connectivity index (χ3v) is 4.64. The molecule has 10 heteroatoms. The number of aliphatic hydroxyl groups excluding tert-OH is 6. The van der Waals surface area contributed by atoms with Crippen molar-refractivity contribution in [3.63, 3.8) is 0 Å². The first-order chi connectivity index (χ1) is 11.4. The molecule has 3 aliphatic rings. The Morgan fingerprint density at radius 3 is 2.38 bits per heavy atom. The lowest BCUT2D eigenvalue weighted by Gasteiger charge is -2.42. The molecule has 3 saturated heterocycles. The zero-order valence-corrected chi connectivity index (χ0v) is 12.9. The number of hydrogen-bond acceptors (Lipinski definition) is 10. The van der Waals surface area contributed by atoms with Gasteiger partial charge in [0.05, 0.1) is 25.4 Å². The van der Waals surface area contributed by atoms with Gasteiger partial charge in [-0.25, -0.2) is 0 Å². The van der Waals surface area contributed by atoms with Crippen molar-refractivity contribution < 1.29 is 49.6 Å². The fourth-order valence-electron chi connectivity index (χ4n) is 3.26. The van der Waals surface area contributed by atoms with Crippen molar-refractivity contribution in [3.8, 4) is 0 Å². The van der Waals surface area contributed by atoms with Gasteiger partial charge in [-0.2, -0.15) is 0 Å². The van der Waals surface area contributed by atoms with Gasteiger partial charge in [0.25, 0.3) is 0 Å². The van der Waals surface area contributed by atoms with Crippen LogP contribution in [0.5, 0.6) is 0 Å². The average molecular weight is 352 g/mol. The Hall–Kier alpha value is -0.400. The molecule has 10 nitrogen and oxygen atoms in total. The molecule has 3 fully saturated rings. The standard InChI is InChI=1S/C14H24O10/c15-3-7-10(18)11(19)12(20)14(23-7)24-13-6(17)1-5(16)2-9-21-4-8(13)22-9/h5-20H,1-4H2/t5?,6?,7?,8?,9?,10-,11+,12?,13+,14+/m1/s1. The number of fused-ring (bicyclic) bond motifs is 2. The van der Waals surface area contributed by atoms with E-state index in [0.717, 1.165) is 0 Å². The monoisotopic (exact) mass is 352 g/mol. The molecule has 0 spiro atoms. The van der Waals surface area contributed by atoms with Crippen LogP contribution in [0.3, 0.4) is 0 Å². The quantitative estimate of drug-likeness (QED) is 0.300. The summed E-state index contributed by atoms with van der Waals surface area (Å²) in [5, 5.41) is 59.0. The summed E-state index contributed by atoms with van der Waals surface area (Å²) in [5.74, 6) is 0. The van der Waals surface area contributed by atoms with Crippen LogP contribution in [0.4, 0.5) is 0 Å². The highest BCUT2D eigenvalue weighted by Crippen LogP contribution is 2.31. The Kier molecular flexibility index (Phi) is 5.72. The molecule has 0 aromatic heterocycles. The molecule has 2 bridgehead atoms. The van der Waals surface area contributed by atoms with Crippen LogP contribution < -0.4 is 0 Å². The molecule has 24 heavy (non-hydrogen) atoms. The first-order valence-electron chi connectivity index (χ1n) is 8.00. The zero-order chi connectivity index (χ0) is 17.4. The van der Waals surface area contributed by atoms with Crippen LogP contribution in [0, 0.1) is 0 Å². The molecular weight excluding hydrogens is 328 g/mol. The molecular formula is C14H24O10. The molecule has 0 aliphatic carbocycles. The highest BCUT2D eigenvalue weighted by molar-refractivity contribution is 4.92. The predicted octanol–water partition coefficient (Wildman–Crippen LogP) is -3.57. The van der Waals surface area contributed by atoms with Gasteiger partial charge in [0.1, 0.15) is 36.6 Å². The van der Waals surface area contributed by atoms with Crippen LogP contribution in [-0.4, -0.2) is 105 Å². The van der Waals surface area contributed by atoms with Gasteiger partial charge < -0.3 is 49.6 Å². The third kappa shape index (κ3) is 3.58. The normalized spacial score (nSPS) is 52.8. The minimum absolute atomic E-state index is 0.0296. The van der Waals surface area contributed by atoms with Gasteiger partial charge in [0.2, 0.25) is 0 Å². The van der Waals surface area contributed by atoms with Crippen molar-refractivity contribution in [2.24, 2.45) is 0 Å². The molecule has 0 amide bonds. The first-order valence-corrected chi connectivity index (χ1v) is 8.00. The second-order valence-corrected chi connectivity index (χ2v) is 6.43. The maximum Gasteiger partial charge on any atom is 0.187 e. The largest absolute Gasteiger partial charge is 0.394 e. The van der Waals surface area contributed by atoms with E-state index in [1.54, 1.807) is 0 Å². The van der Waals surface area contributed by atoms with Crippen molar-refractivity contribution in [1.29, 1.82) is 0 Å². The SMILES string of the molecule is OCC1O[C@@H](O[C@H]2C(O)CC(O)CC3OCC2O3)C(O)[C@@H](O)[C@@H]1O. The van der Waals surface area contributed by atoms with E-state index in [9.17, 15) is 30.6 Å². The number of rotatable bonds is 3. The van der Waals surface area contributed by atoms with E-state index >= 15 is 0 Å². The minimum Gasteiger partial charge on any atom is -0.394 e. The van der Waals surface area contributed by atoms with Crippen molar-refractivity contribution in [1.82, 2.24) is 0 Å². The maximum absolute atomic E-state index is 10.3. The molecule has 140 valence electrons. The lowest BCUT2D eigenvalue weighted by atomic mass is 9.97. The highest BCUT2D eigenvalue weighted by atomic mass is 16.8. The maximum atomic E-state index is 10.3. The van der Waals surface area contributed by atoms with Gasteiger partial charge >= 0.3 is 0 Å². The summed E-state index contributed by atoms with van der Waals surface area (Å²) >= 11 is 0. The molecule has 0 saturated carbocycles. The number of hydrogen-bond donors (Lipinski definition) is 6. The lowest BCUT2D eigenvalue weighted by Crippen LogP contribution is -2.61. The van der Waals surface area contributed by atoms with E-state index in [2.05, 4.69) is 0 Å². The Balaban J connectivity index is 1.72. The average Bonchev–Trinajstić information content (AvgIpc) is 3.00. The summed E-state index contributed by atoms with van der Waals surface area (Å²) in [6.07, 6.45) is -11.1. The molecule has 6 N–H and O–H groups in total. The van der Waals surface area contributed by atoms with Gasteiger partial charge in [-0.1, -0.05) is 0 Å². The van der Waals surface area contributed by atoms with Gasteiger partial charge in [-0.3, -0.25) is 0 Å². The minimum atomic E-state index is -1.58. The van der Waals surface area contributed by atoms with Gasteiger partial charge in [0, 0.05) is 12.8 Å². The zero-order valence-electron chi connectivity index (χ0n) is 12.9. The molecule has 3 aliphatic heterocycles. The smallest absolute Gasteiger partial charge is 0.187 e. The van der Waals surface area contributed by atoms with E-state index in [4.69, 9.17) is 18.9 Å². The van der Waals surface area contributed by atoms with Gasteiger partial charge in [-0.15, -0.1) is 0 Å². The summed E-state index contributed by atoms with van der Waals surface area (Å²) in [6.45, 7) is -0.446. The third-order valence-electron chi connectivity index (χ3n) is 4.64. The molecule has 3 rings (SSSR count). The first kappa shape index (κ1) is 18.4. The molecule has 10 atom stereocenters. The lowest BCUT2D eigenvalue weighted by molar-refractivity contribution is -0.326. The fourth-order valence-corrected chi connectivity index (χ4v) is 3.26. The van der Waals surface area contributed by atoms with E-state index in [1.807, 2.05) is 0 Å². The van der Waals surface area contributed by atoms with Crippen molar-refractivity contribution >= 4 is 0 Å². The molecule has 3 heterocycles. The van der Waals surface area contributed by atoms with E-state index in [-0.39, 0.29) is 19.4 Å². The van der Waals surface area contributed by atoms with Crippen molar-refractivity contribution in [2.75, 3.05) is 13.2 Å². The summed E-state index contributed by atoms with van der Waals surface area (Å²) in [7, 11) is 0. The van der Waals surface area contributed by atoms with Crippen molar-refractivity contribution in [3.05, 3.63) is 0 Å². The van der Waals surface area contributed by atoms with E-state index in [1.165, 1.54) is 0 Å². The molecule has 0 aromatic carbocycles. The second-order valence-electron chi connectivity index (χ2n) is 6.43. The fraction of sp³-hybridized carbons (Fsp3) is 1.00. The van der Waals surface area contributed by atoms with Gasteiger partial charge in [0.15, 0.2) is 12.6 Å². The topological polar surface area (TPSA) is 158 Å². The Bertz CT molecular complexity index is 420. The van der Waals surface area contributed by atoms with Crippen molar-refractivity contribution in [2.45, 2.75) is 74.3 Å². The Morgan fingerprint density at radius 1 is 0.917 bits per heavy atom. The summed E-state index contributed by atoms with van der Waals surface area (Å²) in [6, 6.07) is 0. The number of aliphatic hydroxyl groups is 6. The predicted molar refractivity (Wildman–Crippen MR) is 74.5 cm³/mol. The Labute approximate surface area is 138 Å². The van der Waals surface area contributed by atoms with Crippen LogP contribution in [0.25, 0.3) is 0 Å². The van der Waals surface area contributed by atoms with Crippen LogP contribution in [0.2, 0.25) is 0 Å². The van der Waals surface area contributed by atoms with Gasteiger partial charge in [-0.05, 0) is 0 Å². The van der Waals surface area contributed by atoms with E-state index in [0.29, 0.717) is 0 Å². The summed E-state index contributed by atoms with van der Waals surface area (Å²) < 4.78 is 21.8. The van der Waals surface area contributed by atoms with Crippen LogP contribution >= 0.6 is 0 Å². The summed E-state index contributed by atoms with van der Waals surface area (Å²) in [4.78, 5) is 0. The Morgan fingerprint density at radius 2 is 1.67 bits per heavy atom. The van der Waals surface area contributed by atoms with Crippen LogP contribution in [0.1, 0.15) is 12.8 Å². The number of ether oxygens (including phenoxy) is 4. The second kappa shape index (κ2) is 7.46. The van der Waals surface area contributed by atoms with E-state index < -0.39 is 68.0 Å². The molecule has 0 radical (unpaired) electrons. The van der Waals surface area contributed by atoms with Crippen LogP contribution in [0.15, 0.2) is 0 Å².